The summed E-state index contributed by atoms with van der Waals surface area (Å²) in [6.45, 7) is 17.0. The molecule has 0 unspecified atom stereocenters. The number of ketones is 1. The van der Waals surface area contributed by atoms with Crippen molar-refractivity contribution < 1.29 is 38.4 Å². The number of hydrogen-bond donors (Lipinski definition) is 6. The maximum absolute atomic E-state index is 14.8. The Morgan fingerprint density at radius 3 is 1.46 bits per heavy atom. The molecule has 7 amide bonds. The van der Waals surface area contributed by atoms with Gasteiger partial charge in [-0.1, -0.05) is 117 Å². The average molecular weight is 1070 g/mol. The van der Waals surface area contributed by atoms with E-state index in [0.29, 0.717) is 6.42 Å². The van der Waals surface area contributed by atoms with Crippen LogP contribution in [0.2, 0.25) is 0 Å². The van der Waals surface area contributed by atoms with Gasteiger partial charge in [-0.2, -0.15) is 0 Å². The van der Waals surface area contributed by atoms with Gasteiger partial charge in [0.25, 0.3) is 11.8 Å². The Balaban J connectivity index is 1.07. The van der Waals surface area contributed by atoms with Gasteiger partial charge in [-0.25, -0.2) is 0 Å². The second-order valence-corrected chi connectivity index (χ2v) is 24.6. The van der Waals surface area contributed by atoms with Crippen LogP contribution in [0.4, 0.5) is 0 Å². The number of hydrogen-bond acceptors (Lipinski definition) is 9. The number of rotatable bonds is 17. The topological polar surface area (TPSA) is 215 Å². The summed E-state index contributed by atoms with van der Waals surface area (Å²) < 4.78 is 0. The van der Waals surface area contributed by atoms with Crippen LogP contribution in [0.25, 0.3) is 0 Å². The van der Waals surface area contributed by atoms with Crippen molar-refractivity contribution in [3.8, 4) is 0 Å². The quantitative estimate of drug-likeness (QED) is 0.0763. The highest BCUT2D eigenvalue weighted by Crippen LogP contribution is 2.36. The van der Waals surface area contributed by atoms with Gasteiger partial charge in [-0.05, 0) is 129 Å². The second kappa shape index (κ2) is 25.6. The number of benzene rings is 3. The van der Waals surface area contributed by atoms with Crippen LogP contribution in [0.1, 0.15) is 182 Å². The summed E-state index contributed by atoms with van der Waals surface area (Å²) in [6.07, 6.45) is 8.07. The lowest BCUT2D eigenvalue weighted by molar-refractivity contribution is -0.146. The molecule has 2 aliphatic heterocycles. The van der Waals surface area contributed by atoms with Crippen LogP contribution in [-0.4, -0.2) is 113 Å². The first kappa shape index (κ1) is 59.2. The third-order valence-electron chi connectivity index (χ3n) is 16.8. The Bertz CT molecular complexity index is 2500. The van der Waals surface area contributed by atoms with E-state index in [4.69, 9.17) is 0 Å². The van der Waals surface area contributed by atoms with Crippen molar-refractivity contribution in [1.29, 1.82) is 0 Å². The Hall–Kier alpha value is -6.42. The summed E-state index contributed by atoms with van der Waals surface area (Å²) in [5.41, 5.74) is 3.70. The van der Waals surface area contributed by atoms with Gasteiger partial charge in [0.15, 0.2) is 0 Å². The number of likely N-dealkylation sites (N-methyl/N-ethyl adjacent to an activating group) is 1. The first-order valence-corrected chi connectivity index (χ1v) is 28.6. The molecular weight excluding hydrogens is 985 g/mol. The lowest BCUT2D eigenvalue weighted by Gasteiger charge is -2.36. The zero-order chi connectivity index (χ0) is 56.6. The van der Waals surface area contributed by atoms with Gasteiger partial charge in [0.05, 0.1) is 18.1 Å². The van der Waals surface area contributed by atoms with Gasteiger partial charge >= 0.3 is 0 Å². The Kier molecular flexibility index (Phi) is 19.4. The van der Waals surface area contributed by atoms with E-state index in [0.717, 1.165) is 62.5 Å². The fourth-order valence-electron chi connectivity index (χ4n) is 11.6. The molecular formula is C62H86N8O8. The zero-order valence-electron chi connectivity index (χ0n) is 47.8. The zero-order valence-corrected chi connectivity index (χ0v) is 47.8. The molecule has 0 aromatic heterocycles. The lowest BCUT2D eigenvalue weighted by Crippen LogP contribution is -2.58. The molecule has 4 aliphatic rings. The number of Topliss-reactive ketones (excluding diaryl/α,β-unsaturated/α-hetero) is 1. The Labute approximate surface area is 462 Å². The molecule has 422 valence electrons. The highest BCUT2D eigenvalue weighted by Gasteiger charge is 2.48. The number of carbonyl (C=O) groups is 8. The Morgan fingerprint density at radius 1 is 0.590 bits per heavy atom. The summed E-state index contributed by atoms with van der Waals surface area (Å²) in [7, 11) is 1.70. The van der Waals surface area contributed by atoms with Gasteiger partial charge in [-0.15, -0.1) is 0 Å². The summed E-state index contributed by atoms with van der Waals surface area (Å²) in [6, 6.07) is 17.4. The molecule has 2 saturated heterocycles. The third-order valence-corrected chi connectivity index (χ3v) is 16.8. The predicted octanol–water partition coefficient (Wildman–Crippen LogP) is 7.06. The van der Waals surface area contributed by atoms with E-state index in [1.165, 1.54) is 28.2 Å². The van der Waals surface area contributed by atoms with Crippen molar-refractivity contribution in [3.05, 3.63) is 106 Å². The smallest absolute Gasteiger partial charge is 0.251 e. The van der Waals surface area contributed by atoms with E-state index in [1.807, 2.05) is 91.8 Å². The minimum absolute atomic E-state index is 0.0130. The second-order valence-electron chi connectivity index (χ2n) is 24.6. The number of fused-ring (bicyclic) bond motifs is 2. The fourth-order valence-corrected chi connectivity index (χ4v) is 11.6. The van der Waals surface area contributed by atoms with Crippen molar-refractivity contribution in [3.63, 3.8) is 0 Å². The number of amides is 7. The summed E-state index contributed by atoms with van der Waals surface area (Å²) in [4.78, 5) is 116. The number of likely N-dealkylation sites (tertiary alicyclic amines) is 2. The first-order chi connectivity index (χ1) is 37.0. The molecule has 2 aliphatic carbocycles. The predicted molar refractivity (Wildman–Crippen MR) is 301 cm³/mol. The standard InChI is InChI=1S/C62H86N8O8/c1-11-37(2)54(72)68-53(62(7,8)9)60(78)70-36-44(33-51(70)58(76)67-49-27-19-15-23-40-21-13-17-25-46(40)49)65-56(74)42-30-28-41(29-31-42)55(73)64-43-32-50(57(75)66-48-26-18-14-22-39-20-12-16-24-45(39)48)69(35-43)59(77)47(61(4,5)6)34-52(71)38(3)63-10/h12-13,16-17,20-21,24-25,28-31,37-38,43-44,47-51,53,63H,11,14-15,18-19,22-23,26-27,32-36H2,1-10H3,(H,64,73)(H,65,74)(H,66,75)(H,67,76)(H,68,72)/t37-,38+,43+,44+,47-,48-,49-,50+,51+,53-/m1/s1. The van der Waals surface area contributed by atoms with E-state index in [1.54, 1.807) is 31.0 Å². The average Bonchev–Trinajstić information content (AvgIpc) is 3.98. The minimum atomic E-state index is -0.940. The van der Waals surface area contributed by atoms with Gasteiger partial charge in [-0.3, -0.25) is 38.4 Å². The third kappa shape index (κ3) is 14.2. The molecule has 2 heterocycles. The van der Waals surface area contributed by atoms with Crippen molar-refractivity contribution in [2.75, 3.05) is 20.1 Å². The van der Waals surface area contributed by atoms with Gasteiger partial charge in [0.2, 0.25) is 29.5 Å². The molecule has 16 nitrogen and oxygen atoms in total. The summed E-state index contributed by atoms with van der Waals surface area (Å²) in [5.74, 6) is -3.68. The summed E-state index contributed by atoms with van der Waals surface area (Å²) in [5, 5.41) is 18.6. The molecule has 3 aromatic rings. The van der Waals surface area contributed by atoms with E-state index < -0.39 is 70.7 Å². The molecule has 6 N–H and O–H groups in total. The Morgan fingerprint density at radius 2 is 1.04 bits per heavy atom. The molecule has 0 spiro atoms. The molecule has 0 radical (unpaired) electrons. The molecule has 2 fully saturated rings. The molecule has 0 saturated carbocycles. The lowest BCUT2D eigenvalue weighted by atomic mass is 9.76. The minimum Gasteiger partial charge on any atom is -0.347 e. The molecule has 78 heavy (non-hydrogen) atoms. The van der Waals surface area contributed by atoms with Crippen LogP contribution in [0.15, 0.2) is 72.8 Å². The van der Waals surface area contributed by atoms with E-state index in [-0.39, 0.29) is 90.9 Å². The SMILES string of the molecule is CC[C@@H](C)C(=O)N[C@H](C(=O)N1C[C@@H](NC(=O)c2ccc(C(=O)N[C@H]3C[C@@H](C(=O)N[C@@H]4CCCCc5ccccc54)N(C(=O)[C@@H](CC(=O)[C@H](C)NC)C(C)(C)C)C3)cc2)C[C@H]1C(=O)N[C@@H]1CCCCc2ccccc21)C(C)(C)C. The number of nitrogens with one attached hydrogen (secondary N) is 6. The van der Waals surface area contributed by atoms with Gasteiger partial charge in [0, 0.05) is 54.6 Å². The van der Waals surface area contributed by atoms with E-state index in [9.17, 15) is 38.4 Å². The van der Waals surface area contributed by atoms with Gasteiger partial charge in [0.1, 0.15) is 23.9 Å². The highest BCUT2D eigenvalue weighted by atomic mass is 16.2. The monoisotopic (exact) mass is 1070 g/mol. The molecule has 16 heteroatoms. The molecule has 7 rings (SSSR count). The fraction of sp³-hybridized carbons (Fsp3) is 0.581. The normalized spacial score (nSPS) is 22.9. The van der Waals surface area contributed by atoms with Crippen molar-refractivity contribution in [2.45, 2.75) is 188 Å². The van der Waals surface area contributed by atoms with E-state index >= 15 is 0 Å². The van der Waals surface area contributed by atoms with Crippen LogP contribution >= 0.6 is 0 Å². The van der Waals surface area contributed by atoms with Crippen molar-refractivity contribution in [1.82, 2.24) is 41.7 Å². The van der Waals surface area contributed by atoms with Gasteiger partial charge < -0.3 is 41.7 Å². The maximum atomic E-state index is 14.8. The van der Waals surface area contributed by atoms with E-state index in [2.05, 4.69) is 44.0 Å². The largest absolute Gasteiger partial charge is 0.347 e. The first-order valence-electron chi connectivity index (χ1n) is 28.6. The van der Waals surface area contributed by atoms with Crippen molar-refractivity contribution in [2.24, 2.45) is 22.7 Å². The highest BCUT2D eigenvalue weighted by molar-refractivity contribution is 5.99. The maximum Gasteiger partial charge on any atom is 0.251 e. The van der Waals surface area contributed by atoms with Crippen LogP contribution in [0.5, 0.6) is 0 Å². The van der Waals surface area contributed by atoms with Crippen molar-refractivity contribution >= 4 is 47.1 Å². The molecule has 10 atom stereocenters. The number of carbonyl (C=O) groups excluding carboxylic acids is 8. The van der Waals surface area contributed by atoms with Crippen LogP contribution in [0.3, 0.4) is 0 Å². The molecule has 3 aromatic carbocycles. The summed E-state index contributed by atoms with van der Waals surface area (Å²) >= 11 is 0. The number of aryl methyl sites for hydroxylation is 2. The van der Waals surface area contributed by atoms with Crippen LogP contribution < -0.4 is 31.9 Å². The molecule has 0 bridgehead atoms. The van der Waals surface area contributed by atoms with Crippen LogP contribution in [-0.2, 0) is 41.6 Å². The number of nitrogens with zero attached hydrogens (tertiary/aromatic N) is 2. The van der Waals surface area contributed by atoms with Crippen LogP contribution in [0, 0.1) is 22.7 Å².